The van der Waals surface area contributed by atoms with Gasteiger partial charge >= 0.3 is 0 Å². The van der Waals surface area contributed by atoms with Crippen molar-refractivity contribution in [2.45, 2.75) is 6.54 Å². The molecule has 30 heavy (non-hydrogen) atoms. The van der Waals surface area contributed by atoms with E-state index in [1.807, 2.05) is 12.3 Å². The fraction of sp³-hybridized carbons (Fsp3) is 0.261. The van der Waals surface area contributed by atoms with Gasteiger partial charge in [0.2, 0.25) is 5.91 Å². The Morgan fingerprint density at radius 3 is 2.53 bits per heavy atom. The molecule has 3 aromatic rings. The number of halogens is 1. The first-order valence-electron chi connectivity index (χ1n) is 9.97. The van der Waals surface area contributed by atoms with Gasteiger partial charge in [0, 0.05) is 44.3 Å². The first kappa shape index (κ1) is 20.3. The minimum atomic E-state index is -0.337. The van der Waals surface area contributed by atoms with Crippen LogP contribution in [-0.2, 0) is 11.3 Å². The van der Waals surface area contributed by atoms with E-state index < -0.39 is 0 Å². The van der Waals surface area contributed by atoms with Crippen LogP contribution < -0.4 is 5.32 Å². The summed E-state index contributed by atoms with van der Waals surface area (Å²) in [5.41, 5.74) is 2.60. The number of fused-ring (bicyclic) bond motifs is 1. The summed E-state index contributed by atoms with van der Waals surface area (Å²) in [7, 11) is 0. The van der Waals surface area contributed by atoms with Crippen LogP contribution in [0.3, 0.4) is 0 Å². The number of para-hydroxylation sites is 1. The van der Waals surface area contributed by atoms with E-state index in [1.165, 1.54) is 5.56 Å². The fourth-order valence-electron chi connectivity index (χ4n) is 3.70. The minimum absolute atomic E-state index is 0.0305. The molecule has 1 aromatic heterocycles. The van der Waals surface area contributed by atoms with Gasteiger partial charge in [0.25, 0.3) is 5.91 Å². The second-order valence-corrected chi connectivity index (χ2v) is 7.72. The minimum Gasteiger partial charge on any atom is -0.343 e. The molecule has 0 aliphatic carbocycles. The Hall–Kier alpha value is -2.96. The van der Waals surface area contributed by atoms with Crippen LogP contribution >= 0.6 is 11.6 Å². The highest BCUT2D eigenvalue weighted by Gasteiger charge is 2.22. The Balaban J connectivity index is 1.28. The SMILES string of the molecule is O=C(NCC(=O)N1CCN(Cc2cccc3cccnc23)CC1)c1ccccc1Cl. The second-order valence-electron chi connectivity index (χ2n) is 7.31. The second kappa shape index (κ2) is 9.24. The molecule has 1 saturated heterocycles. The lowest BCUT2D eigenvalue weighted by atomic mass is 10.1. The molecule has 6 nitrogen and oxygen atoms in total. The number of benzene rings is 2. The maximum Gasteiger partial charge on any atom is 0.253 e. The number of rotatable bonds is 5. The van der Waals surface area contributed by atoms with Crippen LogP contribution in [0, 0.1) is 0 Å². The molecule has 4 rings (SSSR count). The summed E-state index contributed by atoms with van der Waals surface area (Å²) >= 11 is 6.04. The molecule has 2 aromatic carbocycles. The van der Waals surface area contributed by atoms with Gasteiger partial charge in [-0.2, -0.15) is 0 Å². The van der Waals surface area contributed by atoms with Gasteiger partial charge in [-0.1, -0.05) is 48.0 Å². The molecule has 1 aliphatic rings. The zero-order valence-electron chi connectivity index (χ0n) is 16.6. The summed E-state index contributed by atoms with van der Waals surface area (Å²) in [6.45, 7) is 3.62. The number of aromatic nitrogens is 1. The van der Waals surface area contributed by atoms with Gasteiger partial charge in [-0.3, -0.25) is 19.5 Å². The third kappa shape index (κ3) is 4.61. The molecule has 0 radical (unpaired) electrons. The number of pyridine rings is 1. The van der Waals surface area contributed by atoms with E-state index in [4.69, 9.17) is 11.6 Å². The van der Waals surface area contributed by atoms with Crippen LogP contribution in [0.15, 0.2) is 60.8 Å². The van der Waals surface area contributed by atoms with Crippen molar-refractivity contribution in [3.05, 3.63) is 76.9 Å². The zero-order valence-corrected chi connectivity index (χ0v) is 17.3. The standard InChI is InChI=1S/C23H23ClN4O2/c24-20-9-2-1-8-19(20)23(30)26-15-21(29)28-13-11-27(12-14-28)16-18-6-3-5-17-7-4-10-25-22(17)18/h1-10H,11-16H2,(H,26,30). The number of amides is 2. The van der Waals surface area contributed by atoms with Crippen molar-refractivity contribution in [1.29, 1.82) is 0 Å². The van der Waals surface area contributed by atoms with Crippen LogP contribution in [0.1, 0.15) is 15.9 Å². The Kier molecular flexibility index (Phi) is 6.26. The number of carbonyl (C=O) groups is 2. The monoisotopic (exact) mass is 422 g/mol. The van der Waals surface area contributed by atoms with E-state index in [0.29, 0.717) is 23.7 Å². The normalized spacial score (nSPS) is 14.6. The van der Waals surface area contributed by atoms with Crippen LogP contribution in [0.25, 0.3) is 10.9 Å². The van der Waals surface area contributed by atoms with Gasteiger partial charge in [0.05, 0.1) is 22.6 Å². The maximum absolute atomic E-state index is 12.5. The topological polar surface area (TPSA) is 65.5 Å². The van der Waals surface area contributed by atoms with E-state index in [9.17, 15) is 9.59 Å². The molecule has 2 amide bonds. The number of carbonyl (C=O) groups excluding carboxylic acids is 2. The van der Waals surface area contributed by atoms with Crippen LogP contribution in [-0.4, -0.2) is 59.3 Å². The summed E-state index contributed by atoms with van der Waals surface area (Å²) < 4.78 is 0. The van der Waals surface area contributed by atoms with Crippen molar-refractivity contribution in [3.8, 4) is 0 Å². The number of nitrogens with one attached hydrogen (secondary N) is 1. The van der Waals surface area contributed by atoms with E-state index in [2.05, 4.69) is 39.5 Å². The fourth-order valence-corrected chi connectivity index (χ4v) is 3.92. The van der Waals surface area contributed by atoms with Crippen LogP contribution in [0.4, 0.5) is 0 Å². The van der Waals surface area contributed by atoms with Gasteiger partial charge < -0.3 is 10.2 Å². The molecule has 0 unspecified atom stereocenters. The van der Waals surface area contributed by atoms with Crippen molar-refractivity contribution in [3.63, 3.8) is 0 Å². The van der Waals surface area contributed by atoms with Gasteiger partial charge in [0.15, 0.2) is 0 Å². The lowest BCUT2D eigenvalue weighted by Crippen LogP contribution is -2.50. The molecule has 2 heterocycles. The van der Waals surface area contributed by atoms with E-state index in [-0.39, 0.29) is 18.4 Å². The Labute approximate surface area is 180 Å². The molecule has 0 bridgehead atoms. The average Bonchev–Trinajstić information content (AvgIpc) is 2.78. The van der Waals surface area contributed by atoms with Gasteiger partial charge in [-0.05, 0) is 23.8 Å². The molecule has 1 aliphatic heterocycles. The number of nitrogens with zero attached hydrogens (tertiary/aromatic N) is 3. The highest BCUT2D eigenvalue weighted by molar-refractivity contribution is 6.33. The van der Waals surface area contributed by atoms with Crippen molar-refractivity contribution >= 4 is 34.3 Å². The predicted molar refractivity (Wildman–Crippen MR) is 117 cm³/mol. The summed E-state index contributed by atoms with van der Waals surface area (Å²) in [4.78, 5) is 33.4. The Morgan fingerprint density at radius 2 is 1.73 bits per heavy atom. The van der Waals surface area contributed by atoms with Crippen molar-refractivity contribution in [2.75, 3.05) is 32.7 Å². The quantitative estimate of drug-likeness (QED) is 0.686. The van der Waals surface area contributed by atoms with Crippen molar-refractivity contribution < 1.29 is 9.59 Å². The highest BCUT2D eigenvalue weighted by Crippen LogP contribution is 2.18. The summed E-state index contributed by atoms with van der Waals surface area (Å²) in [6, 6.07) is 17.1. The third-order valence-electron chi connectivity index (χ3n) is 5.35. The number of hydrogen-bond acceptors (Lipinski definition) is 4. The first-order valence-corrected chi connectivity index (χ1v) is 10.3. The summed E-state index contributed by atoms with van der Waals surface area (Å²) in [5, 5.41) is 4.18. The molecular weight excluding hydrogens is 400 g/mol. The molecular formula is C23H23ClN4O2. The molecule has 7 heteroatoms. The molecule has 1 N–H and O–H groups in total. The predicted octanol–water partition coefficient (Wildman–Crippen LogP) is 2.96. The summed E-state index contributed by atoms with van der Waals surface area (Å²) in [6.07, 6.45) is 1.82. The number of piperazine rings is 1. The Morgan fingerprint density at radius 1 is 0.967 bits per heavy atom. The van der Waals surface area contributed by atoms with E-state index in [0.717, 1.165) is 30.5 Å². The van der Waals surface area contributed by atoms with Gasteiger partial charge in [-0.15, -0.1) is 0 Å². The molecule has 0 saturated carbocycles. The Bertz CT molecular complexity index is 1060. The molecule has 1 fully saturated rings. The van der Waals surface area contributed by atoms with Crippen LogP contribution in [0.2, 0.25) is 5.02 Å². The van der Waals surface area contributed by atoms with E-state index >= 15 is 0 Å². The lowest BCUT2D eigenvalue weighted by Gasteiger charge is -2.35. The molecule has 0 atom stereocenters. The smallest absolute Gasteiger partial charge is 0.253 e. The van der Waals surface area contributed by atoms with Gasteiger partial charge in [-0.25, -0.2) is 0 Å². The van der Waals surface area contributed by atoms with Crippen LogP contribution in [0.5, 0.6) is 0 Å². The van der Waals surface area contributed by atoms with Crippen molar-refractivity contribution in [1.82, 2.24) is 20.1 Å². The van der Waals surface area contributed by atoms with E-state index in [1.54, 1.807) is 29.2 Å². The molecule has 154 valence electrons. The van der Waals surface area contributed by atoms with Crippen molar-refractivity contribution in [2.24, 2.45) is 0 Å². The maximum atomic E-state index is 12.5. The molecule has 0 spiro atoms. The summed E-state index contributed by atoms with van der Waals surface area (Å²) in [5.74, 6) is -0.419. The largest absolute Gasteiger partial charge is 0.343 e. The number of hydrogen-bond donors (Lipinski definition) is 1. The zero-order chi connectivity index (χ0) is 20.9. The lowest BCUT2D eigenvalue weighted by molar-refractivity contribution is -0.131. The first-order chi connectivity index (χ1) is 14.6. The van der Waals surface area contributed by atoms with Gasteiger partial charge in [0.1, 0.15) is 0 Å². The third-order valence-corrected chi connectivity index (χ3v) is 5.68. The highest BCUT2D eigenvalue weighted by atomic mass is 35.5. The average molecular weight is 423 g/mol.